The molecule has 0 atom stereocenters. The Morgan fingerprint density at radius 3 is 2.47 bits per heavy atom. The molecule has 0 aromatic heterocycles. The molecule has 0 saturated carbocycles. The number of primary amides is 1. The lowest BCUT2D eigenvalue weighted by atomic mass is 9.86. The Hall–Kier alpha value is -1.39. The zero-order chi connectivity index (χ0) is 13.7. The summed E-state index contributed by atoms with van der Waals surface area (Å²) >= 11 is 0. The van der Waals surface area contributed by atoms with Crippen molar-refractivity contribution in [1.29, 1.82) is 0 Å². The van der Waals surface area contributed by atoms with E-state index >= 15 is 0 Å². The van der Waals surface area contributed by atoms with Crippen molar-refractivity contribution < 1.29 is 4.79 Å². The molecule has 0 bridgehead atoms. The summed E-state index contributed by atoms with van der Waals surface area (Å²) in [7, 11) is 0. The van der Waals surface area contributed by atoms with E-state index in [1.807, 2.05) is 13.0 Å². The van der Waals surface area contributed by atoms with Gasteiger partial charge in [0.15, 0.2) is 0 Å². The van der Waals surface area contributed by atoms with Gasteiger partial charge >= 0.3 is 0 Å². The van der Waals surface area contributed by atoms with Crippen LogP contribution in [-0.2, 0) is 11.3 Å². The predicted octanol–water partition coefficient (Wildman–Crippen LogP) is 1.12. The van der Waals surface area contributed by atoms with E-state index in [0.29, 0.717) is 0 Å². The first-order valence-corrected chi connectivity index (χ1v) is 6.97. The molecule has 1 aliphatic heterocycles. The fourth-order valence-electron chi connectivity index (χ4n) is 2.78. The summed E-state index contributed by atoms with van der Waals surface area (Å²) in [6.45, 7) is 5.56. The van der Waals surface area contributed by atoms with E-state index in [1.165, 1.54) is 5.56 Å². The molecule has 3 N–H and O–H groups in total. The Labute approximate surface area is 115 Å². The lowest BCUT2D eigenvalue weighted by Gasteiger charge is -2.40. The van der Waals surface area contributed by atoms with Gasteiger partial charge in [0.25, 0.3) is 0 Å². The van der Waals surface area contributed by atoms with Crippen molar-refractivity contribution in [3.63, 3.8) is 0 Å². The number of hydrogen-bond donors (Lipinski definition) is 2. The van der Waals surface area contributed by atoms with Gasteiger partial charge in [-0.25, -0.2) is 0 Å². The Bertz CT molecular complexity index is 411. The second-order valence-electron chi connectivity index (χ2n) is 5.24. The Balaban J connectivity index is 1.93. The smallest absolute Gasteiger partial charge is 0.237 e. The third-order valence-electron chi connectivity index (χ3n) is 3.95. The van der Waals surface area contributed by atoms with Crippen LogP contribution in [0.5, 0.6) is 0 Å². The van der Waals surface area contributed by atoms with Crippen LogP contribution < -0.4 is 11.1 Å². The van der Waals surface area contributed by atoms with Crippen molar-refractivity contribution in [3.8, 4) is 0 Å². The molecular formula is C15H23N3O. The van der Waals surface area contributed by atoms with E-state index in [9.17, 15) is 4.79 Å². The van der Waals surface area contributed by atoms with E-state index in [2.05, 4.69) is 34.5 Å². The van der Waals surface area contributed by atoms with Crippen LogP contribution >= 0.6 is 0 Å². The van der Waals surface area contributed by atoms with E-state index < -0.39 is 5.54 Å². The van der Waals surface area contributed by atoms with Gasteiger partial charge in [0.2, 0.25) is 5.91 Å². The number of nitrogens with one attached hydrogen (secondary N) is 1. The largest absolute Gasteiger partial charge is 0.368 e. The van der Waals surface area contributed by atoms with E-state index in [0.717, 1.165) is 39.0 Å². The lowest BCUT2D eigenvalue weighted by Crippen LogP contribution is -2.60. The van der Waals surface area contributed by atoms with Crippen LogP contribution in [0.25, 0.3) is 0 Å². The van der Waals surface area contributed by atoms with Gasteiger partial charge in [-0.15, -0.1) is 0 Å². The molecule has 4 heteroatoms. The molecule has 1 aromatic rings. The second-order valence-corrected chi connectivity index (χ2v) is 5.24. The highest BCUT2D eigenvalue weighted by Gasteiger charge is 2.38. The molecule has 1 saturated heterocycles. The zero-order valence-electron chi connectivity index (χ0n) is 11.6. The zero-order valence-corrected chi connectivity index (χ0v) is 11.6. The lowest BCUT2D eigenvalue weighted by molar-refractivity contribution is -0.126. The summed E-state index contributed by atoms with van der Waals surface area (Å²) in [6.07, 6.45) is 1.59. The Morgan fingerprint density at radius 1 is 1.32 bits per heavy atom. The molecule has 1 heterocycles. The first-order valence-electron chi connectivity index (χ1n) is 6.97. The van der Waals surface area contributed by atoms with Crippen molar-refractivity contribution in [2.24, 2.45) is 5.73 Å². The molecule has 1 aromatic carbocycles. The molecule has 2 rings (SSSR count). The first-order chi connectivity index (χ1) is 9.16. The average molecular weight is 261 g/mol. The van der Waals surface area contributed by atoms with Crippen molar-refractivity contribution in [1.82, 2.24) is 10.2 Å². The summed E-state index contributed by atoms with van der Waals surface area (Å²) in [6, 6.07) is 10.4. The minimum atomic E-state index is -0.498. The van der Waals surface area contributed by atoms with Gasteiger partial charge in [-0.2, -0.15) is 0 Å². The highest BCUT2D eigenvalue weighted by molar-refractivity contribution is 5.84. The summed E-state index contributed by atoms with van der Waals surface area (Å²) < 4.78 is 0. The number of nitrogens with zero attached hydrogens (tertiary/aromatic N) is 1. The second kappa shape index (κ2) is 6.17. The molecule has 0 unspecified atom stereocenters. The Kier molecular flexibility index (Phi) is 4.56. The molecule has 0 radical (unpaired) electrons. The Morgan fingerprint density at radius 2 is 1.95 bits per heavy atom. The third-order valence-corrected chi connectivity index (χ3v) is 3.95. The van der Waals surface area contributed by atoms with Crippen LogP contribution in [0.4, 0.5) is 0 Å². The number of likely N-dealkylation sites (tertiary alicyclic amines) is 1. The number of benzene rings is 1. The maximum Gasteiger partial charge on any atom is 0.237 e. The standard InChI is InChI=1S/C15H23N3O/c1-2-17-15(14(16)19)8-10-18(11-9-15)12-13-6-4-3-5-7-13/h3-7,17H,2,8-12H2,1H3,(H2,16,19). The van der Waals surface area contributed by atoms with Gasteiger partial charge in [0, 0.05) is 19.6 Å². The maximum atomic E-state index is 11.7. The van der Waals surface area contributed by atoms with Gasteiger partial charge in [-0.05, 0) is 24.9 Å². The first kappa shape index (κ1) is 14.0. The number of carbonyl (C=O) groups excluding carboxylic acids is 1. The minimum Gasteiger partial charge on any atom is -0.368 e. The number of nitrogens with two attached hydrogens (primary N) is 1. The van der Waals surface area contributed by atoms with Gasteiger partial charge < -0.3 is 11.1 Å². The van der Waals surface area contributed by atoms with Crippen LogP contribution in [0.15, 0.2) is 30.3 Å². The normalized spacial score (nSPS) is 19.2. The number of piperidine rings is 1. The van der Waals surface area contributed by atoms with E-state index in [1.54, 1.807) is 0 Å². The van der Waals surface area contributed by atoms with Crippen molar-refractivity contribution in [2.75, 3.05) is 19.6 Å². The summed E-state index contributed by atoms with van der Waals surface area (Å²) in [5.41, 5.74) is 6.39. The highest BCUT2D eigenvalue weighted by atomic mass is 16.1. The molecule has 104 valence electrons. The number of rotatable bonds is 5. The van der Waals surface area contributed by atoms with Crippen molar-refractivity contribution >= 4 is 5.91 Å². The fraction of sp³-hybridized carbons (Fsp3) is 0.533. The number of likely N-dealkylation sites (N-methyl/N-ethyl adjacent to an activating group) is 1. The van der Waals surface area contributed by atoms with Gasteiger partial charge in [0.05, 0.1) is 0 Å². The van der Waals surface area contributed by atoms with Crippen LogP contribution in [0, 0.1) is 0 Å². The molecule has 19 heavy (non-hydrogen) atoms. The van der Waals surface area contributed by atoms with Gasteiger partial charge in [0.1, 0.15) is 5.54 Å². The number of hydrogen-bond acceptors (Lipinski definition) is 3. The van der Waals surface area contributed by atoms with Crippen LogP contribution in [0.2, 0.25) is 0 Å². The molecule has 0 spiro atoms. The van der Waals surface area contributed by atoms with E-state index in [-0.39, 0.29) is 5.91 Å². The van der Waals surface area contributed by atoms with E-state index in [4.69, 9.17) is 5.73 Å². The highest BCUT2D eigenvalue weighted by Crippen LogP contribution is 2.23. The quantitative estimate of drug-likeness (QED) is 0.835. The molecule has 1 fully saturated rings. The van der Waals surface area contributed by atoms with Gasteiger partial charge in [-0.3, -0.25) is 9.69 Å². The summed E-state index contributed by atoms with van der Waals surface area (Å²) in [5, 5.41) is 3.28. The van der Waals surface area contributed by atoms with Crippen molar-refractivity contribution in [3.05, 3.63) is 35.9 Å². The maximum absolute atomic E-state index is 11.7. The molecule has 1 aliphatic rings. The SMILES string of the molecule is CCNC1(C(N)=O)CCN(Cc2ccccc2)CC1. The molecule has 1 amide bonds. The minimum absolute atomic E-state index is 0.214. The topological polar surface area (TPSA) is 58.4 Å². The number of amides is 1. The fourth-order valence-corrected chi connectivity index (χ4v) is 2.78. The third kappa shape index (κ3) is 3.33. The monoisotopic (exact) mass is 261 g/mol. The molecular weight excluding hydrogens is 238 g/mol. The van der Waals surface area contributed by atoms with Crippen LogP contribution in [0.1, 0.15) is 25.3 Å². The average Bonchev–Trinajstić information content (AvgIpc) is 2.42. The summed E-state index contributed by atoms with van der Waals surface area (Å²) in [5.74, 6) is -0.214. The van der Waals surface area contributed by atoms with Crippen LogP contribution in [-0.4, -0.2) is 36.0 Å². The van der Waals surface area contributed by atoms with Crippen molar-refractivity contribution in [2.45, 2.75) is 31.8 Å². The predicted molar refractivity (Wildman–Crippen MR) is 76.6 cm³/mol. The molecule has 4 nitrogen and oxygen atoms in total. The summed E-state index contributed by atoms with van der Waals surface area (Å²) in [4.78, 5) is 14.1. The number of carbonyl (C=O) groups is 1. The molecule has 0 aliphatic carbocycles. The van der Waals surface area contributed by atoms with Crippen LogP contribution in [0.3, 0.4) is 0 Å². The van der Waals surface area contributed by atoms with Gasteiger partial charge in [-0.1, -0.05) is 37.3 Å².